The van der Waals surface area contributed by atoms with Crippen molar-refractivity contribution in [1.29, 1.82) is 0 Å². The minimum Gasteiger partial charge on any atom is -0.461 e. The lowest BCUT2D eigenvalue weighted by molar-refractivity contribution is 0.0445. The first kappa shape index (κ1) is 30.9. The highest BCUT2D eigenvalue weighted by Crippen LogP contribution is 2.43. The summed E-state index contributed by atoms with van der Waals surface area (Å²) in [6.45, 7) is 4.00. The first-order valence-electron chi connectivity index (χ1n) is 16.5. The number of aromatic nitrogens is 2. The number of hydrogen-bond donors (Lipinski definition) is 2. The van der Waals surface area contributed by atoms with Gasteiger partial charge in [0, 0.05) is 30.6 Å². The molecule has 1 spiro atoms. The van der Waals surface area contributed by atoms with Crippen LogP contribution < -0.4 is 20.7 Å². The molecule has 0 aliphatic carbocycles. The summed E-state index contributed by atoms with van der Waals surface area (Å²) in [5.41, 5.74) is 4.98. The molecule has 252 valence electrons. The number of halogens is 4. The largest absolute Gasteiger partial charge is 0.461 e. The summed E-state index contributed by atoms with van der Waals surface area (Å²) >= 11 is 0. The Balaban J connectivity index is 1.29. The lowest BCUT2D eigenvalue weighted by Crippen LogP contribution is -2.51. The number of alkyl carbamates (subject to hydrolysis) is 1. The average Bonchev–Trinajstić information content (AvgIpc) is 3.71. The fourth-order valence-corrected chi connectivity index (χ4v) is 8.45. The molecule has 4 aromatic rings. The predicted octanol–water partition coefficient (Wildman–Crippen LogP) is 6.05. The minimum atomic E-state index is -0.970. The van der Waals surface area contributed by atoms with Gasteiger partial charge in [-0.2, -0.15) is 9.97 Å². The molecule has 4 aliphatic heterocycles. The molecule has 3 atom stereocenters. The molecule has 4 fully saturated rings. The summed E-state index contributed by atoms with van der Waals surface area (Å²) in [5, 5.41) is 3.74. The van der Waals surface area contributed by atoms with Gasteiger partial charge in [-0.3, -0.25) is 4.90 Å². The summed E-state index contributed by atoms with van der Waals surface area (Å²) < 4.78 is 74.8. The quantitative estimate of drug-likeness (QED) is 0.190. The zero-order valence-electron chi connectivity index (χ0n) is 26.6. The maximum atomic E-state index is 17.0. The van der Waals surface area contributed by atoms with E-state index in [-0.39, 0.29) is 53.6 Å². The van der Waals surface area contributed by atoms with Crippen molar-refractivity contribution in [2.45, 2.75) is 62.8 Å². The molecule has 1 unspecified atom stereocenters. The lowest BCUT2D eigenvalue weighted by atomic mass is 9.91. The number of carbonyl (C=O) groups is 1. The van der Waals surface area contributed by atoms with E-state index in [4.69, 9.17) is 20.2 Å². The van der Waals surface area contributed by atoms with Crippen LogP contribution >= 0.6 is 0 Å². The number of nitrogens with one attached hydrogen (secondary N) is 1. The Morgan fingerprint density at radius 2 is 1.94 bits per heavy atom. The fraction of sp³-hybridized carbons (Fsp3) is 0.457. The number of nitrogens with two attached hydrogens (primary N) is 1. The number of nitrogens with zero attached hydrogens (tertiary/aromatic N) is 4. The van der Waals surface area contributed by atoms with Crippen LogP contribution in [0.25, 0.3) is 32.8 Å². The third-order valence-electron chi connectivity index (χ3n) is 10.6. The molecule has 13 heteroatoms. The highest BCUT2D eigenvalue weighted by atomic mass is 19.1. The lowest BCUT2D eigenvalue weighted by Gasteiger charge is -2.39. The maximum Gasteiger partial charge on any atom is 0.407 e. The molecule has 3 N–H and O–H groups in total. The van der Waals surface area contributed by atoms with Crippen molar-refractivity contribution in [3.63, 3.8) is 0 Å². The number of aryl methyl sites for hydroxylation is 1. The third kappa shape index (κ3) is 4.96. The van der Waals surface area contributed by atoms with Crippen molar-refractivity contribution in [2.24, 2.45) is 0 Å². The van der Waals surface area contributed by atoms with Crippen molar-refractivity contribution in [1.82, 2.24) is 20.2 Å². The number of piperidine rings is 1. The molecule has 3 aromatic carbocycles. The SMILES string of the molecule is CCc1c(F)ccc2cc(N)cc(-c3c(F)cc4c(N5CCCC6(CNC(=O)O6)C5)nc(OC[C@@]56CCCN5C[C@H](F)C6)nc4c3F)c12. The number of hydrogen-bond acceptors (Lipinski definition) is 8. The Bertz CT molecular complexity index is 1980. The van der Waals surface area contributed by atoms with Gasteiger partial charge in [0.25, 0.3) is 0 Å². The average molecular weight is 665 g/mol. The standard InChI is InChI=1S/C35H36F4N6O3/c1-2-22-25(37)6-5-19-11-21(40)12-23(27(19)22)28-26(38)13-24-30(29(28)39)42-32(47-18-34-7-3-10-45(34)15-20(36)14-34)43-31(24)44-9-4-8-35(17-44)16-41-33(46)48-35/h5-6,11-13,20H,2-4,7-10,14-18,40H2,1H3,(H,41,46)/t20-,34+,35?/m1/s1. The van der Waals surface area contributed by atoms with Gasteiger partial charge in [-0.1, -0.05) is 13.0 Å². The molecule has 1 amide bonds. The van der Waals surface area contributed by atoms with Gasteiger partial charge >= 0.3 is 12.1 Å². The summed E-state index contributed by atoms with van der Waals surface area (Å²) in [7, 11) is 0. The zero-order valence-corrected chi connectivity index (χ0v) is 26.6. The van der Waals surface area contributed by atoms with E-state index < -0.39 is 46.4 Å². The normalized spacial score (nSPS) is 25.6. The predicted molar refractivity (Wildman–Crippen MR) is 173 cm³/mol. The van der Waals surface area contributed by atoms with Crippen molar-refractivity contribution in [3.05, 3.63) is 53.3 Å². The van der Waals surface area contributed by atoms with Gasteiger partial charge in [-0.15, -0.1) is 0 Å². The minimum absolute atomic E-state index is 0.107. The maximum absolute atomic E-state index is 17.0. The van der Waals surface area contributed by atoms with Gasteiger partial charge in [0.2, 0.25) is 0 Å². The van der Waals surface area contributed by atoms with Gasteiger partial charge in [-0.05, 0) is 84.8 Å². The molecule has 0 radical (unpaired) electrons. The Morgan fingerprint density at radius 1 is 1.10 bits per heavy atom. The van der Waals surface area contributed by atoms with Crippen LogP contribution in [0.3, 0.4) is 0 Å². The molecule has 4 saturated heterocycles. The summed E-state index contributed by atoms with van der Waals surface area (Å²) in [6, 6.07) is 7.02. The number of amides is 1. The van der Waals surface area contributed by atoms with E-state index in [2.05, 4.69) is 15.2 Å². The Morgan fingerprint density at radius 3 is 2.73 bits per heavy atom. The highest BCUT2D eigenvalue weighted by Gasteiger charge is 2.49. The number of anilines is 2. The van der Waals surface area contributed by atoms with E-state index >= 15 is 13.2 Å². The van der Waals surface area contributed by atoms with Crippen molar-refractivity contribution in [2.75, 3.05) is 50.0 Å². The van der Waals surface area contributed by atoms with Crippen LogP contribution in [0.15, 0.2) is 30.3 Å². The topological polar surface area (TPSA) is 106 Å². The van der Waals surface area contributed by atoms with Gasteiger partial charge in [0.15, 0.2) is 5.82 Å². The van der Waals surface area contributed by atoms with Crippen molar-refractivity contribution in [3.8, 4) is 17.1 Å². The number of alkyl halides is 1. The smallest absolute Gasteiger partial charge is 0.407 e. The summed E-state index contributed by atoms with van der Waals surface area (Å²) in [6.07, 6.45) is 2.04. The number of fused-ring (bicyclic) bond motifs is 3. The van der Waals surface area contributed by atoms with Crippen LogP contribution in [-0.2, 0) is 11.2 Å². The first-order chi connectivity index (χ1) is 23.1. The van der Waals surface area contributed by atoms with Gasteiger partial charge in [0.1, 0.15) is 41.3 Å². The molecular formula is C35H36F4N6O3. The zero-order chi connectivity index (χ0) is 33.4. The Hall–Kier alpha value is -4.39. The summed E-state index contributed by atoms with van der Waals surface area (Å²) in [5.74, 6) is -2.11. The molecule has 9 nitrogen and oxygen atoms in total. The van der Waals surface area contributed by atoms with Gasteiger partial charge < -0.3 is 25.4 Å². The molecule has 1 aromatic heterocycles. The number of carbonyl (C=O) groups excluding carboxylic acids is 1. The van der Waals surface area contributed by atoms with E-state index in [1.165, 1.54) is 18.2 Å². The number of benzene rings is 3. The third-order valence-corrected chi connectivity index (χ3v) is 10.6. The molecule has 8 rings (SSSR count). The second kappa shape index (κ2) is 11.4. The van der Waals surface area contributed by atoms with Crippen molar-refractivity contribution < 1.29 is 31.8 Å². The summed E-state index contributed by atoms with van der Waals surface area (Å²) in [4.78, 5) is 25.2. The molecule has 0 bridgehead atoms. The van der Waals surface area contributed by atoms with E-state index in [0.717, 1.165) is 19.4 Å². The Kier molecular flexibility index (Phi) is 7.31. The van der Waals surface area contributed by atoms with E-state index in [1.54, 1.807) is 19.1 Å². The van der Waals surface area contributed by atoms with Crippen LogP contribution in [-0.4, -0.2) is 77.6 Å². The van der Waals surface area contributed by atoms with Crippen LogP contribution in [0.4, 0.5) is 33.9 Å². The van der Waals surface area contributed by atoms with Crippen LogP contribution in [0.1, 0.15) is 44.6 Å². The number of nitrogen functional groups attached to an aromatic ring is 1. The van der Waals surface area contributed by atoms with Crippen LogP contribution in [0, 0.1) is 17.5 Å². The molecule has 5 heterocycles. The molecule has 48 heavy (non-hydrogen) atoms. The van der Waals surface area contributed by atoms with Gasteiger partial charge in [-0.25, -0.2) is 22.4 Å². The van der Waals surface area contributed by atoms with E-state index in [9.17, 15) is 9.18 Å². The Labute approximate surface area is 274 Å². The van der Waals surface area contributed by atoms with Crippen LogP contribution in [0.5, 0.6) is 6.01 Å². The highest BCUT2D eigenvalue weighted by molar-refractivity contribution is 6.04. The number of rotatable bonds is 6. The monoisotopic (exact) mass is 664 g/mol. The molecule has 4 aliphatic rings. The second-order valence-corrected chi connectivity index (χ2v) is 13.6. The second-order valence-electron chi connectivity index (χ2n) is 13.6. The fourth-order valence-electron chi connectivity index (χ4n) is 8.45. The van der Waals surface area contributed by atoms with E-state index in [1.807, 2.05) is 4.90 Å². The number of ether oxygens (including phenoxy) is 2. The first-order valence-corrected chi connectivity index (χ1v) is 16.5. The van der Waals surface area contributed by atoms with E-state index in [0.29, 0.717) is 55.2 Å². The molecule has 0 saturated carbocycles. The van der Waals surface area contributed by atoms with Crippen LogP contribution in [0.2, 0.25) is 0 Å². The van der Waals surface area contributed by atoms with Crippen molar-refractivity contribution >= 4 is 39.3 Å². The molecular weight excluding hydrogens is 628 g/mol. The van der Waals surface area contributed by atoms with Gasteiger partial charge in [0.05, 0.1) is 24.2 Å².